The number of fused-ring (bicyclic) bond motifs is 1. The molecule has 4 heterocycles. The van der Waals surface area contributed by atoms with Gasteiger partial charge in [-0.2, -0.15) is 5.10 Å². The summed E-state index contributed by atoms with van der Waals surface area (Å²) in [5.74, 6) is 0.0693. The van der Waals surface area contributed by atoms with E-state index in [9.17, 15) is 9.59 Å². The molecule has 0 radical (unpaired) electrons. The SMILES string of the molecule is CNC(=O)c1cnn2c(C3CCN(C(=O)c4cccnc4)CC3)ccnc12. The van der Waals surface area contributed by atoms with E-state index in [2.05, 4.69) is 20.4 Å². The van der Waals surface area contributed by atoms with Crippen LogP contribution in [-0.2, 0) is 0 Å². The summed E-state index contributed by atoms with van der Waals surface area (Å²) in [5, 5.41) is 6.98. The molecular weight excluding hydrogens is 344 g/mol. The fourth-order valence-electron chi connectivity index (χ4n) is 3.56. The van der Waals surface area contributed by atoms with Crippen molar-refractivity contribution in [1.82, 2.24) is 29.8 Å². The van der Waals surface area contributed by atoms with Crippen LogP contribution < -0.4 is 5.32 Å². The van der Waals surface area contributed by atoms with Crippen LogP contribution in [-0.4, -0.2) is 56.4 Å². The van der Waals surface area contributed by atoms with Gasteiger partial charge in [-0.1, -0.05) is 0 Å². The molecule has 2 amide bonds. The number of hydrogen-bond acceptors (Lipinski definition) is 5. The third kappa shape index (κ3) is 3.14. The molecule has 1 saturated heterocycles. The number of amides is 2. The van der Waals surface area contributed by atoms with Crippen LogP contribution in [0.2, 0.25) is 0 Å². The standard InChI is InChI=1S/C19H20N6O2/c1-20-18(26)15-12-23-25-16(4-8-22-17(15)25)13-5-9-24(10-6-13)19(27)14-3-2-7-21-11-14/h2-4,7-8,11-13H,5-6,9-10H2,1H3,(H,20,26). The van der Waals surface area contributed by atoms with Crippen LogP contribution in [0.15, 0.2) is 43.0 Å². The van der Waals surface area contributed by atoms with Crippen molar-refractivity contribution in [3.63, 3.8) is 0 Å². The zero-order chi connectivity index (χ0) is 18.8. The molecular formula is C19H20N6O2. The zero-order valence-corrected chi connectivity index (χ0v) is 15.0. The van der Waals surface area contributed by atoms with Crippen molar-refractivity contribution in [2.24, 2.45) is 0 Å². The minimum Gasteiger partial charge on any atom is -0.355 e. The van der Waals surface area contributed by atoms with Gasteiger partial charge in [-0.3, -0.25) is 14.6 Å². The molecule has 27 heavy (non-hydrogen) atoms. The predicted molar refractivity (Wildman–Crippen MR) is 98.5 cm³/mol. The normalized spacial score (nSPS) is 15.1. The van der Waals surface area contributed by atoms with Crippen molar-refractivity contribution in [3.05, 3.63) is 59.8 Å². The number of hydrogen-bond donors (Lipinski definition) is 1. The van der Waals surface area contributed by atoms with Crippen molar-refractivity contribution < 1.29 is 9.59 Å². The number of likely N-dealkylation sites (tertiary alicyclic amines) is 1. The lowest BCUT2D eigenvalue weighted by molar-refractivity contribution is 0.0711. The molecule has 0 unspecified atom stereocenters. The first-order valence-corrected chi connectivity index (χ1v) is 8.93. The average molecular weight is 364 g/mol. The van der Waals surface area contributed by atoms with Gasteiger partial charge >= 0.3 is 0 Å². The maximum Gasteiger partial charge on any atom is 0.256 e. The maximum absolute atomic E-state index is 12.6. The van der Waals surface area contributed by atoms with Gasteiger partial charge in [0, 0.05) is 50.3 Å². The first-order valence-electron chi connectivity index (χ1n) is 8.93. The molecule has 1 aliphatic rings. The largest absolute Gasteiger partial charge is 0.355 e. The van der Waals surface area contributed by atoms with Crippen molar-refractivity contribution in [2.75, 3.05) is 20.1 Å². The quantitative estimate of drug-likeness (QED) is 0.760. The molecule has 1 N–H and O–H groups in total. The van der Waals surface area contributed by atoms with Crippen molar-refractivity contribution in [3.8, 4) is 0 Å². The molecule has 3 aromatic rings. The molecule has 0 spiro atoms. The minimum atomic E-state index is -0.202. The predicted octanol–water partition coefficient (Wildman–Crippen LogP) is 1.50. The second-order valence-electron chi connectivity index (χ2n) is 6.55. The number of aromatic nitrogens is 4. The molecule has 0 saturated carbocycles. The van der Waals surface area contributed by atoms with E-state index in [4.69, 9.17) is 0 Å². The van der Waals surface area contributed by atoms with Gasteiger partial charge < -0.3 is 10.2 Å². The number of carbonyl (C=O) groups excluding carboxylic acids is 2. The van der Waals surface area contributed by atoms with E-state index in [1.54, 1.807) is 48.5 Å². The number of rotatable bonds is 3. The van der Waals surface area contributed by atoms with E-state index in [-0.39, 0.29) is 17.7 Å². The smallest absolute Gasteiger partial charge is 0.256 e. The van der Waals surface area contributed by atoms with Gasteiger partial charge in [0.15, 0.2) is 5.65 Å². The molecule has 1 fully saturated rings. The summed E-state index contributed by atoms with van der Waals surface area (Å²) in [4.78, 5) is 34.8. The molecule has 4 rings (SSSR count). The maximum atomic E-state index is 12.6. The van der Waals surface area contributed by atoms with E-state index in [1.807, 2.05) is 11.0 Å². The van der Waals surface area contributed by atoms with Crippen molar-refractivity contribution in [2.45, 2.75) is 18.8 Å². The molecule has 138 valence electrons. The Bertz CT molecular complexity index is 976. The molecule has 0 aliphatic carbocycles. The summed E-state index contributed by atoms with van der Waals surface area (Å²) >= 11 is 0. The Morgan fingerprint density at radius 2 is 1.96 bits per heavy atom. The van der Waals surface area contributed by atoms with Crippen molar-refractivity contribution in [1.29, 1.82) is 0 Å². The Balaban J connectivity index is 1.52. The first kappa shape index (κ1) is 17.1. The third-order valence-corrected chi connectivity index (χ3v) is 5.01. The Labute approximate surface area is 156 Å². The molecule has 0 bridgehead atoms. The summed E-state index contributed by atoms with van der Waals surface area (Å²) in [6.45, 7) is 1.34. The van der Waals surface area contributed by atoms with E-state index in [0.29, 0.717) is 29.9 Å². The van der Waals surface area contributed by atoms with Crippen LogP contribution in [0, 0.1) is 0 Å². The van der Waals surface area contributed by atoms with E-state index >= 15 is 0 Å². The van der Waals surface area contributed by atoms with E-state index < -0.39 is 0 Å². The first-order chi connectivity index (χ1) is 13.2. The molecule has 0 atom stereocenters. The average Bonchev–Trinajstić information content (AvgIpc) is 3.18. The Morgan fingerprint density at radius 3 is 2.67 bits per heavy atom. The topological polar surface area (TPSA) is 92.5 Å². The number of nitrogens with zero attached hydrogens (tertiary/aromatic N) is 5. The summed E-state index contributed by atoms with van der Waals surface area (Å²) in [7, 11) is 1.59. The molecule has 8 nitrogen and oxygen atoms in total. The third-order valence-electron chi connectivity index (χ3n) is 5.01. The second kappa shape index (κ2) is 7.14. The van der Waals surface area contributed by atoms with Gasteiger partial charge in [0.2, 0.25) is 0 Å². The highest BCUT2D eigenvalue weighted by atomic mass is 16.2. The molecule has 1 aliphatic heterocycles. The van der Waals surface area contributed by atoms with Gasteiger partial charge in [-0.05, 0) is 31.0 Å². The fourth-order valence-corrected chi connectivity index (χ4v) is 3.56. The van der Waals surface area contributed by atoms with Crippen LogP contribution in [0.5, 0.6) is 0 Å². The highest BCUT2D eigenvalue weighted by Gasteiger charge is 2.27. The lowest BCUT2D eigenvalue weighted by atomic mass is 9.93. The van der Waals surface area contributed by atoms with Crippen LogP contribution in [0.1, 0.15) is 45.2 Å². The Hall–Kier alpha value is -3.29. The van der Waals surface area contributed by atoms with Gasteiger partial charge in [-0.25, -0.2) is 9.50 Å². The summed E-state index contributed by atoms with van der Waals surface area (Å²) < 4.78 is 1.74. The number of piperidine rings is 1. The molecule has 8 heteroatoms. The van der Waals surface area contributed by atoms with Crippen molar-refractivity contribution >= 4 is 17.5 Å². The van der Waals surface area contributed by atoms with Gasteiger partial charge in [0.1, 0.15) is 5.56 Å². The van der Waals surface area contributed by atoms with E-state index in [0.717, 1.165) is 18.5 Å². The van der Waals surface area contributed by atoms with Crippen LogP contribution >= 0.6 is 0 Å². The highest BCUT2D eigenvalue weighted by Crippen LogP contribution is 2.29. The minimum absolute atomic E-state index is 0.0161. The second-order valence-corrected chi connectivity index (χ2v) is 6.55. The summed E-state index contributed by atoms with van der Waals surface area (Å²) in [6.07, 6.45) is 8.19. The Morgan fingerprint density at radius 1 is 1.15 bits per heavy atom. The van der Waals surface area contributed by atoms with Gasteiger partial charge in [0.25, 0.3) is 11.8 Å². The molecule has 0 aromatic carbocycles. The monoisotopic (exact) mass is 364 g/mol. The highest BCUT2D eigenvalue weighted by molar-refractivity contribution is 5.99. The number of pyridine rings is 1. The lowest BCUT2D eigenvalue weighted by Gasteiger charge is -2.32. The fraction of sp³-hybridized carbons (Fsp3) is 0.316. The Kier molecular flexibility index (Phi) is 4.53. The van der Waals surface area contributed by atoms with Gasteiger partial charge in [0.05, 0.1) is 11.8 Å². The number of carbonyl (C=O) groups is 2. The summed E-state index contributed by atoms with van der Waals surface area (Å²) in [6, 6.07) is 5.50. The van der Waals surface area contributed by atoms with E-state index in [1.165, 1.54) is 0 Å². The number of nitrogens with one attached hydrogen (secondary N) is 1. The molecule has 3 aromatic heterocycles. The van der Waals surface area contributed by atoms with Crippen LogP contribution in [0.3, 0.4) is 0 Å². The van der Waals surface area contributed by atoms with Crippen LogP contribution in [0.25, 0.3) is 5.65 Å². The zero-order valence-electron chi connectivity index (χ0n) is 15.0. The lowest BCUT2D eigenvalue weighted by Crippen LogP contribution is -2.38. The van der Waals surface area contributed by atoms with Gasteiger partial charge in [-0.15, -0.1) is 0 Å². The summed E-state index contributed by atoms with van der Waals surface area (Å²) in [5.41, 5.74) is 2.65. The van der Waals surface area contributed by atoms with Crippen LogP contribution in [0.4, 0.5) is 0 Å².